The Morgan fingerprint density at radius 1 is 1.27 bits per heavy atom. The van der Waals surface area contributed by atoms with E-state index in [-0.39, 0.29) is 18.4 Å². The average molecular weight is 357 g/mol. The van der Waals surface area contributed by atoms with Gasteiger partial charge < -0.3 is 19.5 Å². The minimum atomic E-state index is -0.774. The number of imidazole rings is 1. The van der Waals surface area contributed by atoms with Crippen LogP contribution in [0.5, 0.6) is 0 Å². The highest BCUT2D eigenvalue weighted by Gasteiger charge is 2.52. The summed E-state index contributed by atoms with van der Waals surface area (Å²) in [6.45, 7) is 1.47. The number of fused-ring (bicyclic) bond motifs is 1. The molecule has 0 aromatic carbocycles. The van der Waals surface area contributed by atoms with Crippen molar-refractivity contribution in [3.8, 4) is 0 Å². The highest BCUT2D eigenvalue weighted by atomic mass is 16.3. The second-order valence-corrected chi connectivity index (χ2v) is 7.13. The number of nitrogens with zero attached hydrogens (tertiary/aromatic N) is 5. The van der Waals surface area contributed by atoms with Crippen LogP contribution in [0.2, 0.25) is 0 Å². The molecule has 0 bridgehead atoms. The van der Waals surface area contributed by atoms with E-state index in [1.54, 1.807) is 33.0 Å². The van der Waals surface area contributed by atoms with Crippen LogP contribution < -0.4 is 0 Å². The van der Waals surface area contributed by atoms with E-state index in [9.17, 15) is 14.7 Å². The van der Waals surface area contributed by atoms with Crippen molar-refractivity contribution in [3.05, 3.63) is 24.2 Å². The van der Waals surface area contributed by atoms with Crippen LogP contribution in [-0.4, -0.2) is 73.0 Å². The molecule has 4 heterocycles. The Morgan fingerprint density at radius 2 is 2.04 bits per heavy atom. The molecular weight excluding hydrogens is 334 g/mol. The van der Waals surface area contributed by atoms with E-state index in [0.717, 1.165) is 18.5 Å². The Balaban J connectivity index is 1.66. The van der Waals surface area contributed by atoms with Gasteiger partial charge in [-0.25, -0.2) is 9.97 Å². The van der Waals surface area contributed by atoms with Gasteiger partial charge in [0.15, 0.2) is 5.65 Å². The normalized spacial score (nSPS) is 23.4. The standard InChI is InChI=1S/C18H23N5O3/c1-21-12-20-14-10-13(11-19-15(14)21)16(25)23-7-3-5-18(23)4-2-6-22(8-9-24)17(18)26/h10-12,24H,2-9H2,1H3. The Labute approximate surface area is 151 Å². The number of likely N-dealkylation sites (tertiary alicyclic amines) is 2. The first-order chi connectivity index (χ1) is 12.6. The van der Waals surface area contributed by atoms with E-state index in [1.807, 2.05) is 7.05 Å². The third kappa shape index (κ3) is 2.47. The third-order valence-electron chi connectivity index (χ3n) is 5.61. The summed E-state index contributed by atoms with van der Waals surface area (Å²) in [7, 11) is 1.86. The van der Waals surface area contributed by atoms with Gasteiger partial charge in [0.2, 0.25) is 5.91 Å². The molecule has 0 saturated carbocycles. The number of piperidine rings is 1. The summed E-state index contributed by atoms with van der Waals surface area (Å²) in [5, 5.41) is 9.23. The highest BCUT2D eigenvalue weighted by Crippen LogP contribution is 2.39. The lowest BCUT2D eigenvalue weighted by atomic mass is 9.85. The van der Waals surface area contributed by atoms with Crippen LogP contribution in [0.3, 0.4) is 0 Å². The summed E-state index contributed by atoms with van der Waals surface area (Å²) in [4.78, 5) is 38.3. The number of aliphatic hydroxyl groups is 1. The lowest BCUT2D eigenvalue weighted by Gasteiger charge is -2.44. The smallest absolute Gasteiger partial charge is 0.256 e. The Bertz CT molecular complexity index is 862. The molecule has 8 nitrogen and oxygen atoms in total. The molecule has 2 saturated heterocycles. The maximum Gasteiger partial charge on any atom is 0.256 e. The first-order valence-electron chi connectivity index (χ1n) is 9.06. The zero-order valence-electron chi connectivity index (χ0n) is 14.9. The highest BCUT2D eigenvalue weighted by molar-refractivity contribution is 6.01. The lowest BCUT2D eigenvalue weighted by molar-refractivity contribution is -0.146. The van der Waals surface area contributed by atoms with Crippen LogP contribution in [0, 0.1) is 0 Å². The number of rotatable bonds is 3. The van der Waals surface area contributed by atoms with Crippen molar-refractivity contribution in [2.45, 2.75) is 31.2 Å². The maximum absolute atomic E-state index is 13.2. The van der Waals surface area contributed by atoms with Crippen molar-refractivity contribution in [3.63, 3.8) is 0 Å². The molecular formula is C18H23N5O3. The first-order valence-corrected chi connectivity index (χ1v) is 9.06. The Kier molecular flexibility index (Phi) is 4.14. The van der Waals surface area contributed by atoms with Crippen molar-refractivity contribution in [2.75, 3.05) is 26.2 Å². The van der Waals surface area contributed by atoms with E-state index < -0.39 is 5.54 Å². The Hall–Kier alpha value is -2.48. The Morgan fingerprint density at radius 3 is 2.81 bits per heavy atom. The maximum atomic E-state index is 13.2. The number of aliphatic hydroxyl groups excluding tert-OH is 1. The summed E-state index contributed by atoms with van der Waals surface area (Å²) >= 11 is 0. The minimum absolute atomic E-state index is 0.0319. The monoisotopic (exact) mass is 357 g/mol. The molecule has 1 spiro atoms. The largest absolute Gasteiger partial charge is 0.395 e. The van der Waals surface area contributed by atoms with Crippen LogP contribution >= 0.6 is 0 Å². The molecule has 0 aliphatic carbocycles. The fourth-order valence-corrected chi connectivity index (χ4v) is 4.35. The van der Waals surface area contributed by atoms with E-state index in [4.69, 9.17) is 0 Å². The van der Waals surface area contributed by atoms with E-state index in [2.05, 4.69) is 9.97 Å². The van der Waals surface area contributed by atoms with Gasteiger partial charge in [-0.1, -0.05) is 0 Å². The second kappa shape index (κ2) is 6.35. The van der Waals surface area contributed by atoms with Crippen molar-refractivity contribution >= 4 is 23.0 Å². The van der Waals surface area contributed by atoms with Crippen molar-refractivity contribution in [1.82, 2.24) is 24.3 Å². The van der Waals surface area contributed by atoms with Crippen LogP contribution in [0.4, 0.5) is 0 Å². The molecule has 4 rings (SSSR count). The molecule has 2 aromatic heterocycles. The van der Waals surface area contributed by atoms with Gasteiger partial charge in [-0.05, 0) is 31.7 Å². The molecule has 2 amide bonds. The molecule has 1 N–H and O–H groups in total. The molecule has 138 valence electrons. The molecule has 1 unspecified atom stereocenters. The number of amides is 2. The molecule has 2 aromatic rings. The van der Waals surface area contributed by atoms with E-state index in [0.29, 0.717) is 43.6 Å². The lowest BCUT2D eigenvalue weighted by Crippen LogP contribution is -2.61. The summed E-state index contributed by atoms with van der Waals surface area (Å²) in [5.74, 6) is -0.197. The van der Waals surface area contributed by atoms with Gasteiger partial charge in [-0.2, -0.15) is 0 Å². The molecule has 8 heteroatoms. The van der Waals surface area contributed by atoms with Gasteiger partial charge >= 0.3 is 0 Å². The van der Waals surface area contributed by atoms with Crippen molar-refractivity contribution < 1.29 is 14.7 Å². The average Bonchev–Trinajstić information content (AvgIpc) is 3.23. The van der Waals surface area contributed by atoms with Gasteiger partial charge in [0.1, 0.15) is 11.1 Å². The quantitative estimate of drug-likeness (QED) is 0.867. The van der Waals surface area contributed by atoms with Crippen LogP contribution in [0.1, 0.15) is 36.0 Å². The van der Waals surface area contributed by atoms with Gasteiger partial charge in [-0.3, -0.25) is 9.59 Å². The molecule has 2 aliphatic heterocycles. The van der Waals surface area contributed by atoms with E-state index >= 15 is 0 Å². The number of β-amino-alcohol motifs (C(OH)–C–C–N with tert-alkyl or cyclic N) is 1. The van der Waals surface area contributed by atoms with Gasteiger partial charge in [0.05, 0.1) is 18.5 Å². The SMILES string of the molecule is Cn1cnc2cc(C(=O)N3CCCC34CCCN(CCO)C4=O)cnc21. The predicted molar refractivity (Wildman–Crippen MR) is 94.4 cm³/mol. The second-order valence-electron chi connectivity index (χ2n) is 7.13. The van der Waals surface area contributed by atoms with Crippen molar-refractivity contribution in [1.29, 1.82) is 0 Å². The van der Waals surface area contributed by atoms with Crippen LogP contribution in [0.15, 0.2) is 18.6 Å². The number of carbonyl (C=O) groups is 2. The number of aryl methyl sites for hydroxylation is 1. The number of hydrogen-bond donors (Lipinski definition) is 1. The fraction of sp³-hybridized carbons (Fsp3) is 0.556. The molecule has 0 radical (unpaired) electrons. The van der Waals surface area contributed by atoms with Gasteiger partial charge in [0.25, 0.3) is 5.91 Å². The molecule has 1 atom stereocenters. The van der Waals surface area contributed by atoms with Gasteiger partial charge in [-0.15, -0.1) is 0 Å². The summed E-state index contributed by atoms with van der Waals surface area (Å²) in [6.07, 6.45) is 6.24. The molecule has 2 fully saturated rings. The van der Waals surface area contributed by atoms with Crippen LogP contribution in [-0.2, 0) is 11.8 Å². The summed E-state index contributed by atoms with van der Waals surface area (Å²) in [5.41, 5.74) is 1.08. The molecule has 2 aliphatic rings. The zero-order valence-corrected chi connectivity index (χ0v) is 14.9. The van der Waals surface area contributed by atoms with Crippen LogP contribution in [0.25, 0.3) is 11.2 Å². The minimum Gasteiger partial charge on any atom is -0.395 e. The third-order valence-corrected chi connectivity index (χ3v) is 5.61. The fourth-order valence-electron chi connectivity index (χ4n) is 4.35. The zero-order chi connectivity index (χ0) is 18.3. The van der Waals surface area contributed by atoms with E-state index in [1.165, 1.54) is 0 Å². The van der Waals surface area contributed by atoms with Crippen molar-refractivity contribution in [2.24, 2.45) is 7.05 Å². The number of carbonyl (C=O) groups excluding carboxylic acids is 2. The number of aromatic nitrogens is 3. The summed E-state index contributed by atoms with van der Waals surface area (Å²) in [6, 6.07) is 1.75. The molecule has 26 heavy (non-hydrogen) atoms. The van der Waals surface area contributed by atoms with Gasteiger partial charge in [0, 0.05) is 32.9 Å². The summed E-state index contributed by atoms with van der Waals surface area (Å²) < 4.78 is 1.80. The predicted octanol–water partition coefficient (Wildman–Crippen LogP) is 0.558. The number of hydrogen-bond acceptors (Lipinski definition) is 5. The number of pyridine rings is 1. The topological polar surface area (TPSA) is 91.6 Å². The first kappa shape index (κ1) is 17.0.